The number of piperazine rings is 1. The Kier molecular flexibility index (Phi) is 8.96. The predicted octanol–water partition coefficient (Wildman–Crippen LogP) is 5.57. The van der Waals surface area contributed by atoms with Crippen molar-refractivity contribution in [3.05, 3.63) is 114 Å². The van der Waals surface area contributed by atoms with Crippen LogP contribution in [0.4, 0.5) is 0 Å². The van der Waals surface area contributed by atoms with Crippen molar-refractivity contribution < 1.29 is 9.59 Å². The lowest BCUT2D eigenvalue weighted by atomic mass is 10.0. The van der Waals surface area contributed by atoms with E-state index in [1.807, 2.05) is 95.5 Å². The summed E-state index contributed by atoms with van der Waals surface area (Å²) >= 11 is 1.82. The number of likely N-dealkylation sites (tertiary alicyclic amines) is 1. The van der Waals surface area contributed by atoms with E-state index in [4.69, 9.17) is 4.98 Å². The van der Waals surface area contributed by atoms with Crippen molar-refractivity contribution >= 4 is 23.6 Å². The Morgan fingerprint density at radius 3 is 1.82 bits per heavy atom. The number of carbonyl (C=O) groups excluding carboxylic acids is 2. The van der Waals surface area contributed by atoms with Gasteiger partial charge in [0.1, 0.15) is 0 Å². The largest absolute Gasteiger partial charge is 0.341 e. The number of rotatable bonds is 6. The third kappa shape index (κ3) is 6.69. The van der Waals surface area contributed by atoms with Crippen LogP contribution in [0.15, 0.2) is 103 Å². The first-order valence-corrected chi connectivity index (χ1v) is 17.0. The van der Waals surface area contributed by atoms with E-state index in [-0.39, 0.29) is 23.2 Å². The highest BCUT2D eigenvalue weighted by Crippen LogP contribution is 2.33. The maximum Gasteiger partial charge on any atom is 0.254 e. The molecule has 45 heavy (non-hydrogen) atoms. The van der Waals surface area contributed by atoms with Gasteiger partial charge >= 0.3 is 0 Å². The molecule has 3 fully saturated rings. The SMILES string of the molecule is O=C(c1cc(-c2ccccc2)nc(-c2ccccc2)c1)N1CCN(C2CCN(C(=O)[C@H]3CSC(c4ccccc4)N3)CC2)CC1. The molecule has 0 spiro atoms. The van der Waals surface area contributed by atoms with Gasteiger partial charge in [-0.25, -0.2) is 4.98 Å². The lowest BCUT2D eigenvalue weighted by molar-refractivity contribution is -0.134. The summed E-state index contributed by atoms with van der Waals surface area (Å²) in [5.74, 6) is 1.10. The summed E-state index contributed by atoms with van der Waals surface area (Å²) in [4.78, 5) is 38.7. The molecular weight excluding hydrogens is 579 g/mol. The Hall–Kier alpha value is -3.98. The van der Waals surface area contributed by atoms with Crippen molar-refractivity contribution in [1.82, 2.24) is 25.0 Å². The number of benzene rings is 3. The standard InChI is InChI=1S/C37H39N5O2S/c43-36(30-24-32(27-10-4-1-5-11-27)38-33(25-30)28-12-6-2-7-13-28)42-22-20-40(21-23-42)31-16-18-41(19-17-31)37(44)34-26-45-35(39-34)29-14-8-3-9-15-29/h1-15,24-25,31,34-35,39H,16-23,26H2/t34-,35?/m1/s1. The number of hydrogen-bond acceptors (Lipinski definition) is 6. The molecule has 3 aliphatic rings. The van der Waals surface area contributed by atoms with Crippen LogP contribution >= 0.6 is 11.8 Å². The van der Waals surface area contributed by atoms with Gasteiger partial charge in [-0.05, 0) is 30.5 Å². The molecule has 8 heteroatoms. The van der Waals surface area contributed by atoms with E-state index in [1.165, 1.54) is 5.56 Å². The lowest BCUT2D eigenvalue weighted by Crippen LogP contribution is -2.56. The molecule has 230 valence electrons. The Morgan fingerprint density at radius 1 is 0.689 bits per heavy atom. The van der Waals surface area contributed by atoms with E-state index < -0.39 is 0 Å². The van der Waals surface area contributed by atoms with E-state index in [2.05, 4.69) is 39.4 Å². The molecule has 4 heterocycles. The van der Waals surface area contributed by atoms with Gasteiger partial charge in [0.05, 0.1) is 22.8 Å². The number of nitrogens with zero attached hydrogens (tertiary/aromatic N) is 4. The minimum absolute atomic E-state index is 0.0579. The third-order valence-electron chi connectivity index (χ3n) is 9.29. The summed E-state index contributed by atoms with van der Waals surface area (Å²) < 4.78 is 0. The lowest BCUT2D eigenvalue weighted by Gasteiger charge is -2.43. The molecule has 1 aromatic heterocycles. The fourth-order valence-corrected chi connectivity index (χ4v) is 7.98. The summed E-state index contributed by atoms with van der Waals surface area (Å²) in [6.45, 7) is 4.70. The minimum Gasteiger partial charge on any atom is -0.341 e. The van der Waals surface area contributed by atoms with Crippen molar-refractivity contribution in [2.75, 3.05) is 45.0 Å². The van der Waals surface area contributed by atoms with Gasteiger partial charge in [-0.15, -0.1) is 11.8 Å². The average Bonchev–Trinajstić information content (AvgIpc) is 3.63. The van der Waals surface area contributed by atoms with Gasteiger partial charge in [-0.3, -0.25) is 19.8 Å². The molecule has 2 amide bonds. The number of hydrogen-bond donors (Lipinski definition) is 1. The van der Waals surface area contributed by atoms with Crippen molar-refractivity contribution in [2.24, 2.45) is 0 Å². The second kappa shape index (κ2) is 13.6. The zero-order chi connectivity index (χ0) is 30.6. The van der Waals surface area contributed by atoms with Gasteiger partial charge in [0.2, 0.25) is 5.91 Å². The molecule has 7 rings (SSSR count). The Balaban J connectivity index is 0.948. The molecule has 0 saturated carbocycles. The molecule has 4 aromatic rings. The summed E-state index contributed by atoms with van der Waals surface area (Å²) in [6, 6.07) is 34.7. The van der Waals surface area contributed by atoms with Gasteiger partial charge in [0.15, 0.2) is 0 Å². The Bertz CT molecular complexity index is 1550. The van der Waals surface area contributed by atoms with Gasteiger partial charge in [0, 0.05) is 67.8 Å². The average molecular weight is 618 g/mol. The molecule has 2 atom stereocenters. The topological polar surface area (TPSA) is 68.8 Å². The number of aromatic nitrogens is 1. The number of pyridine rings is 1. The fourth-order valence-electron chi connectivity index (χ4n) is 6.75. The van der Waals surface area contributed by atoms with Crippen LogP contribution in [0.2, 0.25) is 0 Å². The number of piperidine rings is 1. The molecule has 1 N–H and O–H groups in total. The normalized spacial score (nSPS) is 21.2. The highest BCUT2D eigenvalue weighted by molar-refractivity contribution is 7.99. The fraction of sp³-hybridized carbons (Fsp3) is 0.324. The second-order valence-corrected chi connectivity index (χ2v) is 13.2. The second-order valence-electron chi connectivity index (χ2n) is 12.1. The molecule has 7 nitrogen and oxygen atoms in total. The highest BCUT2D eigenvalue weighted by atomic mass is 32.2. The van der Waals surface area contributed by atoms with Crippen LogP contribution in [0.3, 0.4) is 0 Å². The maximum atomic E-state index is 13.8. The van der Waals surface area contributed by atoms with E-state index in [1.54, 1.807) is 0 Å². The van der Waals surface area contributed by atoms with Crippen molar-refractivity contribution in [2.45, 2.75) is 30.3 Å². The first-order chi connectivity index (χ1) is 22.1. The maximum absolute atomic E-state index is 13.8. The van der Waals surface area contributed by atoms with Crippen LogP contribution in [0.5, 0.6) is 0 Å². The molecule has 0 bridgehead atoms. The van der Waals surface area contributed by atoms with Crippen LogP contribution in [0.1, 0.15) is 34.1 Å². The number of nitrogens with one attached hydrogen (secondary N) is 1. The van der Waals surface area contributed by atoms with Crippen molar-refractivity contribution in [1.29, 1.82) is 0 Å². The first kappa shape index (κ1) is 29.7. The van der Waals surface area contributed by atoms with Crippen LogP contribution in [-0.4, -0.2) is 88.6 Å². The van der Waals surface area contributed by atoms with Crippen molar-refractivity contribution in [3.8, 4) is 22.5 Å². The highest BCUT2D eigenvalue weighted by Gasteiger charge is 2.36. The van der Waals surface area contributed by atoms with Gasteiger partial charge in [-0.1, -0.05) is 91.0 Å². The van der Waals surface area contributed by atoms with Gasteiger partial charge in [-0.2, -0.15) is 0 Å². The molecule has 1 unspecified atom stereocenters. The quantitative estimate of drug-likeness (QED) is 0.305. The summed E-state index contributed by atoms with van der Waals surface area (Å²) in [7, 11) is 0. The monoisotopic (exact) mass is 617 g/mol. The zero-order valence-corrected chi connectivity index (χ0v) is 26.2. The summed E-state index contributed by atoms with van der Waals surface area (Å²) in [5, 5.41) is 3.73. The molecule has 0 radical (unpaired) electrons. The summed E-state index contributed by atoms with van der Waals surface area (Å²) in [5.41, 5.74) is 5.52. The Labute approximate surface area is 269 Å². The van der Waals surface area contributed by atoms with E-state index >= 15 is 0 Å². The molecule has 3 saturated heterocycles. The van der Waals surface area contributed by atoms with Gasteiger partial charge in [0.25, 0.3) is 5.91 Å². The van der Waals surface area contributed by atoms with Crippen LogP contribution < -0.4 is 5.32 Å². The predicted molar refractivity (Wildman–Crippen MR) is 181 cm³/mol. The Morgan fingerprint density at radius 2 is 1.24 bits per heavy atom. The number of amides is 2. The van der Waals surface area contributed by atoms with Crippen LogP contribution in [0, 0.1) is 0 Å². The van der Waals surface area contributed by atoms with Crippen molar-refractivity contribution in [3.63, 3.8) is 0 Å². The van der Waals surface area contributed by atoms with E-state index in [9.17, 15) is 9.59 Å². The van der Waals surface area contributed by atoms with Crippen LogP contribution in [0.25, 0.3) is 22.5 Å². The number of carbonyl (C=O) groups is 2. The summed E-state index contributed by atoms with van der Waals surface area (Å²) in [6.07, 6.45) is 1.96. The van der Waals surface area contributed by atoms with Crippen LogP contribution in [-0.2, 0) is 4.79 Å². The first-order valence-electron chi connectivity index (χ1n) is 16.0. The molecular formula is C37H39N5O2S. The number of thioether (sulfide) groups is 1. The minimum atomic E-state index is -0.121. The zero-order valence-electron chi connectivity index (χ0n) is 25.4. The smallest absolute Gasteiger partial charge is 0.254 e. The molecule has 0 aliphatic carbocycles. The van der Waals surface area contributed by atoms with E-state index in [0.717, 1.165) is 67.3 Å². The molecule has 3 aliphatic heterocycles. The van der Waals surface area contributed by atoms with Gasteiger partial charge < -0.3 is 9.80 Å². The molecule has 3 aromatic carbocycles. The third-order valence-corrected chi connectivity index (χ3v) is 10.6. The van der Waals surface area contributed by atoms with E-state index in [0.29, 0.717) is 24.7 Å².